The highest BCUT2D eigenvalue weighted by Gasteiger charge is 2.28. The van der Waals surface area contributed by atoms with Crippen LogP contribution in [0.2, 0.25) is 5.28 Å². The number of amides is 1. The first-order valence-electron chi connectivity index (χ1n) is 6.39. The fraction of sp³-hybridized carbons (Fsp3) is 0.545. The van der Waals surface area contributed by atoms with Gasteiger partial charge >= 0.3 is 11.8 Å². The summed E-state index contributed by atoms with van der Waals surface area (Å²) in [6.07, 6.45) is 2.27. The van der Waals surface area contributed by atoms with E-state index in [4.69, 9.17) is 16.7 Å². The summed E-state index contributed by atoms with van der Waals surface area (Å²) in [5.41, 5.74) is -0.263. The van der Waals surface area contributed by atoms with Crippen molar-refractivity contribution in [3.05, 3.63) is 21.6 Å². The summed E-state index contributed by atoms with van der Waals surface area (Å²) < 4.78 is 0. The first-order chi connectivity index (χ1) is 9.99. The number of nitrogens with zero attached hydrogens (tertiary/aromatic N) is 4. The molecule has 1 atom stereocenters. The maximum absolute atomic E-state index is 11.0. The Morgan fingerprint density at radius 1 is 1.67 bits per heavy atom. The van der Waals surface area contributed by atoms with Crippen LogP contribution in [0.1, 0.15) is 19.3 Å². The lowest BCUT2D eigenvalue weighted by Gasteiger charge is -2.21. The van der Waals surface area contributed by atoms with Crippen LogP contribution in [-0.2, 0) is 0 Å². The molecular formula is C11H14ClN5O4. The minimum Gasteiger partial charge on any atom is -0.465 e. The fourth-order valence-corrected chi connectivity index (χ4v) is 2.50. The Morgan fingerprint density at radius 3 is 3.10 bits per heavy atom. The van der Waals surface area contributed by atoms with E-state index in [0.29, 0.717) is 19.5 Å². The number of nitrogens with one attached hydrogen (secondary N) is 1. The average molecular weight is 316 g/mol. The van der Waals surface area contributed by atoms with E-state index < -0.39 is 11.0 Å². The molecule has 1 aliphatic heterocycles. The van der Waals surface area contributed by atoms with Crippen molar-refractivity contribution >= 4 is 29.2 Å². The van der Waals surface area contributed by atoms with E-state index >= 15 is 0 Å². The Bertz CT molecular complexity index is 555. The number of aromatic nitrogens is 2. The largest absolute Gasteiger partial charge is 0.465 e. The molecule has 1 aromatic heterocycles. The lowest BCUT2D eigenvalue weighted by atomic mass is 10.1. The molecule has 0 saturated carbocycles. The van der Waals surface area contributed by atoms with Gasteiger partial charge in [0.2, 0.25) is 11.1 Å². The summed E-state index contributed by atoms with van der Waals surface area (Å²) in [6.45, 7) is 0.891. The summed E-state index contributed by atoms with van der Waals surface area (Å²) in [6, 6.07) is -0.0774. The zero-order valence-corrected chi connectivity index (χ0v) is 11.8. The Labute approximate surface area is 125 Å². The van der Waals surface area contributed by atoms with Gasteiger partial charge in [-0.1, -0.05) is 0 Å². The molecular weight excluding hydrogens is 302 g/mol. The molecule has 2 rings (SSSR count). The zero-order chi connectivity index (χ0) is 15.4. The van der Waals surface area contributed by atoms with Crippen molar-refractivity contribution in [1.82, 2.24) is 14.9 Å². The van der Waals surface area contributed by atoms with Crippen molar-refractivity contribution < 1.29 is 14.8 Å². The Kier molecular flexibility index (Phi) is 4.73. The van der Waals surface area contributed by atoms with Crippen molar-refractivity contribution in [2.75, 3.05) is 18.4 Å². The number of carbonyl (C=O) groups is 1. The van der Waals surface area contributed by atoms with Crippen molar-refractivity contribution in [2.24, 2.45) is 0 Å². The number of hydrogen-bond donors (Lipinski definition) is 2. The van der Waals surface area contributed by atoms with Crippen LogP contribution in [0.4, 0.5) is 16.3 Å². The highest BCUT2D eigenvalue weighted by molar-refractivity contribution is 6.28. The molecule has 0 spiro atoms. The minimum absolute atomic E-state index is 0.0415. The lowest BCUT2D eigenvalue weighted by molar-refractivity contribution is -0.384. The predicted octanol–water partition coefficient (Wildman–Crippen LogP) is 1.98. The number of hydrogen-bond acceptors (Lipinski definition) is 6. The van der Waals surface area contributed by atoms with E-state index in [1.807, 2.05) is 0 Å². The molecule has 1 aromatic rings. The first kappa shape index (κ1) is 15.2. The number of anilines is 1. The van der Waals surface area contributed by atoms with Gasteiger partial charge in [0.25, 0.3) is 0 Å². The Morgan fingerprint density at radius 2 is 2.43 bits per heavy atom. The third kappa shape index (κ3) is 3.69. The number of halogens is 1. The number of likely N-dealkylation sites (tertiary alicyclic amines) is 1. The normalized spacial score (nSPS) is 17.8. The molecule has 2 heterocycles. The smallest absolute Gasteiger partial charge is 0.407 e. The average Bonchev–Trinajstić information content (AvgIpc) is 2.87. The molecule has 9 nitrogen and oxygen atoms in total. The molecule has 0 bridgehead atoms. The summed E-state index contributed by atoms with van der Waals surface area (Å²) in [4.78, 5) is 30.0. The van der Waals surface area contributed by atoms with Gasteiger partial charge in [-0.3, -0.25) is 10.1 Å². The van der Waals surface area contributed by atoms with E-state index in [0.717, 1.165) is 19.0 Å². The Hall–Kier alpha value is -2.16. The monoisotopic (exact) mass is 315 g/mol. The first-order valence-corrected chi connectivity index (χ1v) is 6.77. The molecule has 21 heavy (non-hydrogen) atoms. The van der Waals surface area contributed by atoms with Crippen LogP contribution in [0.15, 0.2) is 6.20 Å². The van der Waals surface area contributed by atoms with Crippen molar-refractivity contribution in [3.8, 4) is 0 Å². The summed E-state index contributed by atoms with van der Waals surface area (Å²) >= 11 is 5.62. The quantitative estimate of drug-likeness (QED) is 0.484. The molecule has 10 heteroatoms. The van der Waals surface area contributed by atoms with Crippen molar-refractivity contribution in [2.45, 2.75) is 25.3 Å². The van der Waals surface area contributed by atoms with Crippen LogP contribution in [-0.4, -0.2) is 50.1 Å². The van der Waals surface area contributed by atoms with Crippen LogP contribution in [0, 0.1) is 10.1 Å². The van der Waals surface area contributed by atoms with E-state index in [-0.39, 0.29) is 22.8 Å². The number of carboxylic acid groups (broad SMARTS) is 1. The molecule has 114 valence electrons. The minimum atomic E-state index is -0.937. The van der Waals surface area contributed by atoms with Gasteiger partial charge < -0.3 is 15.3 Å². The third-order valence-electron chi connectivity index (χ3n) is 3.33. The summed E-state index contributed by atoms with van der Waals surface area (Å²) in [5.74, 6) is 0.0415. The van der Waals surface area contributed by atoms with Gasteiger partial charge in [0.15, 0.2) is 0 Å². The maximum atomic E-state index is 11.0. The molecule has 1 fully saturated rings. The topological polar surface area (TPSA) is 121 Å². The van der Waals surface area contributed by atoms with E-state index in [1.54, 1.807) is 0 Å². The summed E-state index contributed by atoms with van der Waals surface area (Å²) in [5, 5.41) is 22.6. The molecule has 0 aromatic carbocycles. The van der Waals surface area contributed by atoms with Gasteiger partial charge in [-0.15, -0.1) is 0 Å². The second-order valence-corrected chi connectivity index (χ2v) is 4.96. The predicted molar refractivity (Wildman–Crippen MR) is 74.6 cm³/mol. The highest BCUT2D eigenvalue weighted by atomic mass is 35.5. The second-order valence-electron chi connectivity index (χ2n) is 4.62. The molecule has 1 unspecified atom stereocenters. The van der Waals surface area contributed by atoms with Crippen LogP contribution >= 0.6 is 11.6 Å². The SMILES string of the molecule is O=C(O)N1CCCC1CCNc1nc(Cl)ncc1[N+](=O)[O-]. The van der Waals surface area contributed by atoms with Crippen LogP contribution in [0.3, 0.4) is 0 Å². The van der Waals surface area contributed by atoms with E-state index in [2.05, 4.69) is 15.3 Å². The van der Waals surface area contributed by atoms with Gasteiger partial charge in [0.05, 0.1) is 4.92 Å². The highest BCUT2D eigenvalue weighted by Crippen LogP contribution is 2.23. The van der Waals surface area contributed by atoms with Crippen molar-refractivity contribution in [3.63, 3.8) is 0 Å². The molecule has 0 radical (unpaired) electrons. The van der Waals surface area contributed by atoms with Gasteiger partial charge in [0, 0.05) is 19.1 Å². The molecule has 0 aliphatic carbocycles. The zero-order valence-electron chi connectivity index (χ0n) is 11.0. The van der Waals surface area contributed by atoms with Gasteiger partial charge in [-0.05, 0) is 30.9 Å². The van der Waals surface area contributed by atoms with Gasteiger partial charge in [0.1, 0.15) is 6.20 Å². The van der Waals surface area contributed by atoms with Crippen LogP contribution in [0.5, 0.6) is 0 Å². The fourth-order valence-electron chi connectivity index (χ4n) is 2.36. The lowest BCUT2D eigenvalue weighted by Crippen LogP contribution is -2.35. The van der Waals surface area contributed by atoms with Gasteiger partial charge in [-0.2, -0.15) is 4.98 Å². The molecule has 1 saturated heterocycles. The summed E-state index contributed by atoms with van der Waals surface area (Å²) in [7, 11) is 0. The number of nitro groups is 1. The van der Waals surface area contributed by atoms with Crippen LogP contribution < -0.4 is 5.32 Å². The van der Waals surface area contributed by atoms with Gasteiger partial charge in [-0.25, -0.2) is 9.78 Å². The van der Waals surface area contributed by atoms with E-state index in [1.165, 1.54) is 4.90 Å². The molecule has 1 amide bonds. The number of rotatable bonds is 5. The second kappa shape index (κ2) is 6.53. The molecule has 2 N–H and O–H groups in total. The van der Waals surface area contributed by atoms with Crippen molar-refractivity contribution in [1.29, 1.82) is 0 Å². The van der Waals surface area contributed by atoms with E-state index in [9.17, 15) is 14.9 Å². The maximum Gasteiger partial charge on any atom is 0.407 e. The Balaban J connectivity index is 1.96. The standard InChI is InChI=1S/C11H14ClN5O4/c12-10-14-6-8(17(20)21)9(15-10)13-4-3-7-2-1-5-16(7)11(18)19/h6-7H,1-5H2,(H,18,19)(H,13,14,15). The third-order valence-corrected chi connectivity index (χ3v) is 3.51. The van der Waals surface area contributed by atoms with Crippen LogP contribution in [0.25, 0.3) is 0 Å². The molecule has 1 aliphatic rings.